The first-order valence-electron chi connectivity index (χ1n) is 17.1. The summed E-state index contributed by atoms with van der Waals surface area (Å²) in [5.74, 6) is 0. The number of hydrogen-bond acceptors (Lipinski definition) is 2. The fraction of sp³-hybridized carbons (Fsp3) is 1.00. The van der Waals surface area contributed by atoms with E-state index in [-0.39, 0.29) is 7.92 Å². The standard InChI is InChI=1S/C28H53N2P2Si.C5H5.Fe/c1-26(2,3)32(27(4,5)6)20-21-18-22(33(7,8)9)19-23(21)28(31,24-14-10-12-16-29-24)25-15-11-13-17-30-25;1-2-4-5-3-1;/h18-19,24-25,29-30H,10-17,20,31H2,1-9H3;1-5H;. The van der Waals surface area contributed by atoms with Crippen molar-refractivity contribution in [2.45, 2.75) is 174 Å². The molecule has 0 radical (unpaired) electrons. The van der Waals surface area contributed by atoms with Crippen molar-refractivity contribution in [3.63, 3.8) is 0 Å². The van der Waals surface area contributed by atoms with Crippen LogP contribution in [-0.4, -0.2) is 54.9 Å². The molecule has 8 unspecified atom stereocenters. The molecule has 222 valence electrons. The van der Waals surface area contributed by atoms with Crippen LogP contribution < -0.4 is 10.6 Å². The minimum absolute atomic E-state index is 0.0206. The number of piperidine rings is 2. The van der Waals surface area contributed by atoms with Crippen molar-refractivity contribution < 1.29 is 6.51 Å². The quantitative estimate of drug-likeness (QED) is 0.226. The zero-order valence-corrected chi connectivity index (χ0v) is 30.6. The van der Waals surface area contributed by atoms with Crippen LogP contribution in [0.5, 0.6) is 0 Å². The van der Waals surface area contributed by atoms with Gasteiger partial charge in [-0.05, 0) is 0 Å². The van der Waals surface area contributed by atoms with Gasteiger partial charge in [-0.25, -0.2) is 0 Å². The molecule has 1 spiro atoms. The van der Waals surface area contributed by atoms with Gasteiger partial charge in [0.1, 0.15) is 0 Å². The van der Waals surface area contributed by atoms with E-state index < -0.39 is 14.6 Å². The Balaban J connectivity index is 1.18. The van der Waals surface area contributed by atoms with Gasteiger partial charge in [0, 0.05) is 0 Å². The predicted molar refractivity (Wildman–Crippen MR) is 173 cm³/mol. The summed E-state index contributed by atoms with van der Waals surface area (Å²) >= 11 is 0. The Morgan fingerprint density at radius 2 is 1.23 bits per heavy atom. The van der Waals surface area contributed by atoms with Crippen LogP contribution in [0.4, 0.5) is 0 Å². The molecule has 12 saturated heterocycles. The summed E-state index contributed by atoms with van der Waals surface area (Å²) in [4.78, 5) is 9.55. The SMILES string of the molecule is CC(C)(C)P(C[C]12[CH]3[C]4([Si](C)(C)C)[CH]5[C]1(C(P)(C1CCCCN1)C1CCCCN1)[Fe]35241678[CH]2[CH]1[CH]6[CH]7[CH]28)C(C)(C)C. The molecule has 0 aromatic heterocycles. The van der Waals surface area contributed by atoms with E-state index in [9.17, 15) is 0 Å². The molecule has 6 heteroatoms. The number of nitrogens with one attached hydrogen (secondary N) is 2. The van der Waals surface area contributed by atoms with Crippen LogP contribution in [0.15, 0.2) is 0 Å². The van der Waals surface area contributed by atoms with Crippen molar-refractivity contribution in [3.05, 3.63) is 0 Å². The van der Waals surface area contributed by atoms with Gasteiger partial charge in [-0.2, -0.15) is 0 Å². The summed E-state index contributed by atoms with van der Waals surface area (Å²) in [7, 11) is 2.68. The molecular formula is C33H58FeN2P2Si. The molecule has 0 aliphatic carbocycles. The topological polar surface area (TPSA) is 24.1 Å². The van der Waals surface area contributed by atoms with E-state index in [0.29, 0.717) is 15.5 Å². The predicted octanol–water partition coefficient (Wildman–Crippen LogP) is 9.34. The zero-order valence-electron chi connectivity index (χ0n) is 26.4. The summed E-state index contributed by atoms with van der Waals surface area (Å²) in [6, 6.07) is 1.52. The summed E-state index contributed by atoms with van der Waals surface area (Å²) in [5.41, 5.74) is 0. The van der Waals surface area contributed by atoms with Gasteiger partial charge >= 0.3 is 235 Å². The summed E-state index contributed by atoms with van der Waals surface area (Å²) in [6.45, 7) is 23.4. The fourth-order valence-corrected chi connectivity index (χ4v) is 143. The molecular weight excluding hydrogens is 570 g/mol. The van der Waals surface area contributed by atoms with E-state index in [1.165, 1.54) is 85.3 Å². The van der Waals surface area contributed by atoms with Crippen molar-refractivity contribution in [2.75, 3.05) is 19.3 Å². The van der Waals surface area contributed by atoms with Crippen LogP contribution in [0.1, 0.15) is 80.1 Å². The number of hydrogen-bond donors (Lipinski definition) is 2. The van der Waals surface area contributed by atoms with Crippen molar-refractivity contribution in [2.24, 2.45) is 0 Å². The van der Waals surface area contributed by atoms with Crippen LogP contribution in [0.2, 0.25) is 65.9 Å². The molecule has 8 atom stereocenters. The minimum atomic E-state index is -3.94. The second-order valence-corrected chi connectivity index (χ2v) is 55.7. The normalized spacial score (nSPS) is 74.3. The van der Waals surface area contributed by atoms with E-state index in [4.69, 9.17) is 0 Å². The molecule has 2 N–H and O–H groups in total. The molecule has 2 nitrogen and oxygen atoms in total. The molecule has 0 saturated carbocycles. The first-order chi connectivity index (χ1) is 17.9. The maximum atomic E-state index is 4.35. The van der Waals surface area contributed by atoms with Gasteiger partial charge in [0.15, 0.2) is 0 Å². The van der Waals surface area contributed by atoms with Gasteiger partial charge in [-0.15, -0.1) is 0 Å². The van der Waals surface area contributed by atoms with E-state index in [0.717, 1.165) is 24.6 Å². The molecule has 0 aromatic carbocycles. The second kappa shape index (κ2) is 3.49. The van der Waals surface area contributed by atoms with Gasteiger partial charge < -0.3 is 0 Å². The van der Waals surface area contributed by atoms with Crippen LogP contribution in [0, 0.1) is 0 Å². The molecule has 12 heterocycles. The molecule has 0 amide bonds. The Hall–Kier alpha value is 1.52. The summed E-state index contributed by atoms with van der Waals surface area (Å²) < 4.78 is 2.76. The molecule has 39 heavy (non-hydrogen) atoms. The zero-order chi connectivity index (χ0) is 27.4. The second-order valence-electron chi connectivity index (χ2n) is 22.1. The van der Waals surface area contributed by atoms with Gasteiger partial charge in [0.25, 0.3) is 0 Å². The molecule has 12 aliphatic heterocycles. The molecule has 0 aromatic rings. The average Bonchev–Trinajstić information content (AvgIpc) is 3.80. The third kappa shape index (κ3) is 0.600. The van der Waals surface area contributed by atoms with E-state index in [1.54, 1.807) is 6.16 Å². The summed E-state index contributed by atoms with van der Waals surface area (Å²) in [5, 5.41) is 10.1. The first-order valence-corrected chi connectivity index (χ1v) is 28.8. The third-order valence-electron chi connectivity index (χ3n) is 22.8. The van der Waals surface area contributed by atoms with Gasteiger partial charge in [0.05, 0.1) is 0 Å². The van der Waals surface area contributed by atoms with Crippen LogP contribution in [-0.2, 0) is 6.51 Å². The summed E-state index contributed by atoms with van der Waals surface area (Å²) in [6.07, 6.45) is 10.4. The van der Waals surface area contributed by atoms with Crippen molar-refractivity contribution in [1.29, 1.82) is 0 Å². The van der Waals surface area contributed by atoms with Crippen molar-refractivity contribution in [3.8, 4) is 0 Å². The van der Waals surface area contributed by atoms with Crippen molar-refractivity contribution >= 4 is 25.2 Å². The molecule has 12 rings (SSSR count). The average molecular weight is 629 g/mol. The molecule has 0 bridgehead atoms. The van der Waals surface area contributed by atoms with Crippen LogP contribution in [0.25, 0.3) is 0 Å². The first kappa shape index (κ1) is 23.8. The van der Waals surface area contributed by atoms with E-state index >= 15 is 0 Å². The van der Waals surface area contributed by atoms with E-state index in [1.807, 2.05) is 0 Å². The van der Waals surface area contributed by atoms with Gasteiger partial charge in [-0.1, -0.05) is 0 Å². The Bertz CT molecular complexity index is 1620. The monoisotopic (exact) mass is 628 g/mol. The molecule has 12 aliphatic rings. The van der Waals surface area contributed by atoms with Gasteiger partial charge in [-0.3, -0.25) is 0 Å². The van der Waals surface area contributed by atoms with Crippen LogP contribution >= 0.6 is 17.2 Å². The number of rotatable bonds is 6. The number of fused-ring (bicyclic) bond motifs is 10. The third-order valence-corrected chi connectivity index (χ3v) is 81.9. The Morgan fingerprint density at radius 3 is 1.56 bits per heavy atom. The van der Waals surface area contributed by atoms with Crippen LogP contribution in [0.3, 0.4) is 0 Å². The molecule has 12 fully saturated rings. The maximum absolute atomic E-state index is 4.35. The Kier molecular flexibility index (Phi) is 2.14. The van der Waals surface area contributed by atoms with Gasteiger partial charge in [0.2, 0.25) is 0 Å². The Labute approximate surface area is 234 Å². The van der Waals surface area contributed by atoms with Crippen molar-refractivity contribution in [1.82, 2.24) is 10.6 Å². The van der Waals surface area contributed by atoms with E-state index in [2.05, 4.69) is 81.1 Å². The Morgan fingerprint density at radius 1 is 0.769 bits per heavy atom. The fourth-order valence-electron chi connectivity index (χ4n) is 26.1.